The van der Waals surface area contributed by atoms with E-state index in [1.165, 1.54) is 0 Å². The molecule has 0 atom stereocenters. The predicted molar refractivity (Wildman–Crippen MR) is 73.4 cm³/mol. The Labute approximate surface area is 118 Å². The van der Waals surface area contributed by atoms with Gasteiger partial charge in [0.2, 0.25) is 5.91 Å². The summed E-state index contributed by atoms with van der Waals surface area (Å²) in [6.07, 6.45) is 3.89. The number of hydrogen-bond donors (Lipinski definition) is 2. The van der Waals surface area contributed by atoms with Gasteiger partial charge in [-0.05, 0) is 26.7 Å². The van der Waals surface area contributed by atoms with E-state index in [0.29, 0.717) is 25.1 Å². The highest BCUT2D eigenvalue weighted by Crippen LogP contribution is 2.12. The molecule has 0 saturated carbocycles. The second-order valence-electron chi connectivity index (χ2n) is 4.89. The first-order valence-corrected chi connectivity index (χ1v) is 6.91. The molecule has 0 aromatic carbocycles. The SMILES string of the molecule is Cc1noc(C)c1CC(=O)NCCCCCCC(=O)O. The highest BCUT2D eigenvalue weighted by molar-refractivity contribution is 5.78. The zero-order chi connectivity index (χ0) is 15.0. The van der Waals surface area contributed by atoms with Crippen LogP contribution in [0.2, 0.25) is 0 Å². The van der Waals surface area contributed by atoms with Gasteiger partial charge in [0.1, 0.15) is 5.76 Å². The fourth-order valence-corrected chi connectivity index (χ4v) is 1.96. The second kappa shape index (κ2) is 8.35. The van der Waals surface area contributed by atoms with Crippen LogP contribution in [0.5, 0.6) is 0 Å². The molecule has 6 heteroatoms. The molecule has 1 aromatic rings. The zero-order valence-electron chi connectivity index (χ0n) is 12.1. The van der Waals surface area contributed by atoms with Crippen molar-refractivity contribution in [1.29, 1.82) is 0 Å². The highest BCUT2D eigenvalue weighted by atomic mass is 16.5. The molecule has 0 fully saturated rings. The van der Waals surface area contributed by atoms with Gasteiger partial charge < -0.3 is 14.9 Å². The molecule has 6 nitrogen and oxygen atoms in total. The van der Waals surface area contributed by atoms with Gasteiger partial charge in [-0.1, -0.05) is 18.0 Å². The minimum Gasteiger partial charge on any atom is -0.481 e. The lowest BCUT2D eigenvalue weighted by molar-refractivity contribution is -0.137. The standard InChI is InChI=1S/C14H22N2O4/c1-10-12(11(2)20-16-10)9-13(17)15-8-6-4-3-5-7-14(18)19/h3-9H2,1-2H3,(H,15,17)(H,18,19). The van der Waals surface area contributed by atoms with Crippen LogP contribution in [-0.4, -0.2) is 28.7 Å². The molecule has 1 aromatic heterocycles. The average molecular weight is 282 g/mol. The second-order valence-corrected chi connectivity index (χ2v) is 4.89. The zero-order valence-corrected chi connectivity index (χ0v) is 12.1. The van der Waals surface area contributed by atoms with Crippen LogP contribution >= 0.6 is 0 Å². The van der Waals surface area contributed by atoms with Crippen LogP contribution < -0.4 is 5.32 Å². The fraction of sp³-hybridized carbons (Fsp3) is 0.643. The predicted octanol–water partition coefficient (Wildman–Crippen LogP) is 1.99. The third-order valence-corrected chi connectivity index (χ3v) is 3.16. The summed E-state index contributed by atoms with van der Waals surface area (Å²) in [5, 5.41) is 15.1. The molecule has 1 amide bonds. The number of nitrogens with zero attached hydrogens (tertiary/aromatic N) is 1. The Morgan fingerprint density at radius 2 is 1.90 bits per heavy atom. The van der Waals surface area contributed by atoms with Crippen molar-refractivity contribution in [3.63, 3.8) is 0 Å². The summed E-state index contributed by atoms with van der Waals surface area (Å²) in [4.78, 5) is 22.0. The molecule has 0 aliphatic carbocycles. The molecular weight excluding hydrogens is 260 g/mol. The van der Waals surface area contributed by atoms with Crippen LogP contribution in [0.3, 0.4) is 0 Å². The third-order valence-electron chi connectivity index (χ3n) is 3.16. The smallest absolute Gasteiger partial charge is 0.303 e. The van der Waals surface area contributed by atoms with Crippen molar-refractivity contribution < 1.29 is 19.2 Å². The Morgan fingerprint density at radius 3 is 2.50 bits per heavy atom. The Bertz CT molecular complexity index is 435. The molecule has 0 spiro atoms. The number of carboxylic acids is 1. The van der Waals surface area contributed by atoms with Crippen molar-refractivity contribution in [1.82, 2.24) is 10.5 Å². The molecule has 0 aliphatic heterocycles. The van der Waals surface area contributed by atoms with Crippen LogP contribution in [0.4, 0.5) is 0 Å². The van der Waals surface area contributed by atoms with Gasteiger partial charge in [-0.2, -0.15) is 0 Å². The lowest BCUT2D eigenvalue weighted by Crippen LogP contribution is -2.26. The van der Waals surface area contributed by atoms with Gasteiger partial charge in [0.15, 0.2) is 0 Å². The number of unbranched alkanes of at least 4 members (excludes halogenated alkanes) is 3. The van der Waals surface area contributed by atoms with Crippen molar-refractivity contribution in [2.24, 2.45) is 0 Å². The molecule has 112 valence electrons. The normalized spacial score (nSPS) is 10.5. The number of carbonyl (C=O) groups excluding carboxylic acids is 1. The Balaban J connectivity index is 2.10. The maximum Gasteiger partial charge on any atom is 0.303 e. The topological polar surface area (TPSA) is 92.4 Å². The van der Waals surface area contributed by atoms with Crippen LogP contribution in [0, 0.1) is 13.8 Å². The quantitative estimate of drug-likeness (QED) is 0.676. The van der Waals surface area contributed by atoms with Gasteiger partial charge in [-0.3, -0.25) is 9.59 Å². The van der Waals surface area contributed by atoms with E-state index in [4.69, 9.17) is 9.63 Å². The lowest BCUT2D eigenvalue weighted by Gasteiger charge is -2.05. The van der Waals surface area contributed by atoms with E-state index in [2.05, 4.69) is 10.5 Å². The molecule has 0 aliphatic rings. The van der Waals surface area contributed by atoms with E-state index in [1.807, 2.05) is 6.92 Å². The molecule has 1 rings (SSSR count). The van der Waals surface area contributed by atoms with Crippen molar-refractivity contribution in [2.45, 2.75) is 52.4 Å². The summed E-state index contributed by atoms with van der Waals surface area (Å²) < 4.78 is 5.01. The Hall–Kier alpha value is -1.85. The number of carboxylic acid groups (broad SMARTS) is 1. The molecule has 20 heavy (non-hydrogen) atoms. The van der Waals surface area contributed by atoms with Gasteiger partial charge in [-0.15, -0.1) is 0 Å². The largest absolute Gasteiger partial charge is 0.481 e. The average Bonchev–Trinajstić information content (AvgIpc) is 2.69. The maximum atomic E-state index is 11.7. The first-order valence-electron chi connectivity index (χ1n) is 6.91. The van der Waals surface area contributed by atoms with Crippen LogP contribution in [-0.2, 0) is 16.0 Å². The fourth-order valence-electron chi connectivity index (χ4n) is 1.96. The van der Waals surface area contributed by atoms with Gasteiger partial charge >= 0.3 is 5.97 Å². The highest BCUT2D eigenvalue weighted by Gasteiger charge is 2.12. The number of nitrogens with one attached hydrogen (secondary N) is 1. The monoisotopic (exact) mass is 282 g/mol. The number of aliphatic carboxylic acids is 1. The summed E-state index contributed by atoms with van der Waals surface area (Å²) in [6, 6.07) is 0. The van der Waals surface area contributed by atoms with E-state index >= 15 is 0 Å². The van der Waals surface area contributed by atoms with Crippen LogP contribution in [0.25, 0.3) is 0 Å². The number of aromatic nitrogens is 1. The van der Waals surface area contributed by atoms with Crippen molar-refractivity contribution in [2.75, 3.05) is 6.54 Å². The van der Waals surface area contributed by atoms with Crippen molar-refractivity contribution >= 4 is 11.9 Å². The van der Waals surface area contributed by atoms with Gasteiger partial charge in [0.25, 0.3) is 0 Å². The number of hydrogen-bond acceptors (Lipinski definition) is 4. The summed E-state index contributed by atoms with van der Waals surface area (Å²) in [7, 11) is 0. The Kier molecular flexibility index (Phi) is 6.76. The number of aryl methyl sites for hydroxylation is 2. The van der Waals surface area contributed by atoms with E-state index < -0.39 is 5.97 Å². The summed E-state index contributed by atoms with van der Waals surface area (Å²) in [5.74, 6) is -0.103. The van der Waals surface area contributed by atoms with Crippen LogP contribution in [0.1, 0.15) is 49.1 Å². The van der Waals surface area contributed by atoms with Crippen molar-refractivity contribution in [3.05, 3.63) is 17.0 Å². The summed E-state index contributed by atoms with van der Waals surface area (Å²) in [5.41, 5.74) is 1.61. The molecule has 0 unspecified atom stereocenters. The molecule has 0 saturated heterocycles. The van der Waals surface area contributed by atoms with Gasteiger partial charge in [0, 0.05) is 18.5 Å². The van der Waals surface area contributed by atoms with Crippen molar-refractivity contribution in [3.8, 4) is 0 Å². The first kappa shape index (κ1) is 16.2. The van der Waals surface area contributed by atoms with E-state index in [0.717, 1.165) is 30.5 Å². The molecule has 0 radical (unpaired) electrons. The molecule has 0 bridgehead atoms. The summed E-state index contributed by atoms with van der Waals surface area (Å²) >= 11 is 0. The van der Waals surface area contributed by atoms with Gasteiger partial charge in [0.05, 0.1) is 12.1 Å². The van der Waals surface area contributed by atoms with E-state index in [9.17, 15) is 9.59 Å². The van der Waals surface area contributed by atoms with Crippen LogP contribution in [0.15, 0.2) is 4.52 Å². The number of amides is 1. The number of carbonyl (C=O) groups is 2. The minimum atomic E-state index is -0.752. The Morgan fingerprint density at radius 1 is 1.20 bits per heavy atom. The molecule has 2 N–H and O–H groups in total. The third kappa shape index (κ3) is 5.86. The lowest BCUT2D eigenvalue weighted by atomic mass is 10.1. The maximum absolute atomic E-state index is 11.7. The van der Waals surface area contributed by atoms with E-state index in [1.54, 1.807) is 6.92 Å². The van der Waals surface area contributed by atoms with Gasteiger partial charge in [-0.25, -0.2) is 0 Å². The molecule has 1 heterocycles. The van der Waals surface area contributed by atoms with E-state index in [-0.39, 0.29) is 12.3 Å². The first-order chi connectivity index (χ1) is 9.50. The summed E-state index contributed by atoms with van der Waals surface area (Å²) in [6.45, 7) is 4.24. The molecular formula is C14H22N2O4. The number of rotatable bonds is 9. The minimum absolute atomic E-state index is 0.0371.